The molecule has 4 heteroatoms. The van der Waals surface area contributed by atoms with Crippen molar-refractivity contribution in [3.05, 3.63) is 200 Å². The maximum atomic E-state index is 6.50. The molecule has 0 spiro atoms. The minimum atomic E-state index is 0.897. The summed E-state index contributed by atoms with van der Waals surface area (Å²) < 4.78 is 11.7. The van der Waals surface area contributed by atoms with Crippen LogP contribution in [0.3, 0.4) is 0 Å². The quantitative estimate of drug-likeness (QED) is 0.167. The molecule has 0 atom stereocenters. The second kappa shape index (κ2) is 13.3. The molecule has 3 aromatic heterocycles. The van der Waals surface area contributed by atoms with Crippen molar-refractivity contribution in [2.24, 2.45) is 0 Å². The average molecular weight is 776 g/mol. The molecule has 0 radical (unpaired) electrons. The van der Waals surface area contributed by atoms with Gasteiger partial charge in [-0.1, -0.05) is 133 Å². The number of benzene rings is 9. The molecule has 3 heterocycles. The summed E-state index contributed by atoms with van der Waals surface area (Å²) in [4.78, 5) is 2.42. The lowest BCUT2D eigenvalue weighted by molar-refractivity contribution is 0.670. The molecule has 0 bridgehead atoms. The van der Waals surface area contributed by atoms with Gasteiger partial charge in [0.05, 0.1) is 10.4 Å². The van der Waals surface area contributed by atoms with Crippen molar-refractivity contribution >= 4 is 102 Å². The summed E-state index contributed by atoms with van der Waals surface area (Å²) >= 11 is 3.72. The van der Waals surface area contributed by atoms with Gasteiger partial charge in [0, 0.05) is 63.4 Å². The SMILES string of the molecule is c1ccc(-c2cccc3c2oc2ccc(-c4ccc(N(c5ccc(-c6ccc7sc8ccccc8c7c6)cc5)c5cccc6c5sc5ccccc56)cc4)cc23)cc1. The van der Waals surface area contributed by atoms with Crippen molar-refractivity contribution < 1.29 is 4.42 Å². The second-order valence-electron chi connectivity index (χ2n) is 14.9. The minimum Gasteiger partial charge on any atom is -0.455 e. The molecule has 0 aliphatic carbocycles. The highest BCUT2D eigenvalue weighted by Gasteiger charge is 2.19. The Labute approximate surface area is 343 Å². The van der Waals surface area contributed by atoms with Gasteiger partial charge >= 0.3 is 0 Å². The number of rotatable bonds is 6. The topological polar surface area (TPSA) is 16.4 Å². The summed E-state index contributed by atoms with van der Waals surface area (Å²) in [5.41, 5.74) is 12.2. The van der Waals surface area contributed by atoms with Crippen LogP contribution in [0.1, 0.15) is 0 Å². The first-order chi connectivity index (χ1) is 28.7. The Morgan fingerprint density at radius 2 is 0.897 bits per heavy atom. The molecule has 0 amide bonds. The molecule has 2 nitrogen and oxygen atoms in total. The third kappa shape index (κ3) is 5.37. The summed E-state index contributed by atoms with van der Waals surface area (Å²) in [7, 11) is 0. The summed E-state index contributed by atoms with van der Waals surface area (Å²) in [6.45, 7) is 0. The van der Waals surface area contributed by atoms with Crippen molar-refractivity contribution in [1.82, 2.24) is 0 Å². The van der Waals surface area contributed by atoms with Crippen LogP contribution in [0.2, 0.25) is 0 Å². The molecule has 272 valence electrons. The van der Waals surface area contributed by atoms with Crippen LogP contribution in [0.15, 0.2) is 205 Å². The number of nitrogens with zero attached hydrogens (tertiary/aromatic N) is 1. The van der Waals surface area contributed by atoms with Crippen LogP contribution in [0.25, 0.3) is 95.7 Å². The van der Waals surface area contributed by atoms with E-state index in [1.165, 1.54) is 57.2 Å². The fraction of sp³-hybridized carbons (Fsp3) is 0. The van der Waals surface area contributed by atoms with E-state index in [4.69, 9.17) is 4.42 Å². The smallest absolute Gasteiger partial charge is 0.143 e. The Kier molecular flexibility index (Phi) is 7.62. The van der Waals surface area contributed by atoms with Gasteiger partial charge in [-0.25, -0.2) is 0 Å². The van der Waals surface area contributed by atoms with E-state index in [0.717, 1.165) is 55.6 Å². The van der Waals surface area contributed by atoms with Crippen molar-refractivity contribution in [2.75, 3.05) is 4.90 Å². The molecule has 58 heavy (non-hydrogen) atoms. The molecule has 0 saturated carbocycles. The number of hydrogen-bond acceptors (Lipinski definition) is 4. The van der Waals surface area contributed by atoms with Gasteiger partial charge in [0.25, 0.3) is 0 Å². The van der Waals surface area contributed by atoms with Crippen molar-refractivity contribution in [1.29, 1.82) is 0 Å². The number of furan rings is 1. The highest BCUT2D eigenvalue weighted by Crippen LogP contribution is 2.46. The molecule has 0 aliphatic heterocycles. The lowest BCUT2D eigenvalue weighted by atomic mass is 10.00. The lowest BCUT2D eigenvalue weighted by Gasteiger charge is -2.26. The van der Waals surface area contributed by atoms with E-state index in [-0.39, 0.29) is 0 Å². The van der Waals surface area contributed by atoms with E-state index in [9.17, 15) is 0 Å². The van der Waals surface area contributed by atoms with Gasteiger partial charge in [-0.15, -0.1) is 22.7 Å². The average Bonchev–Trinajstić information content (AvgIpc) is 3.98. The predicted molar refractivity (Wildman–Crippen MR) is 250 cm³/mol. The standard InChI is InChI=1S/C54H33NOS2/c1-2-10-36(11-3-1)41-14-8-15-44-46-32-37(24-30-49(46)56-53(41)44)34-20-26-39(27-21-34)55(48-17-9-16-45-42-12-4-7-19-51(42)58-54(45)48)40-28-22-35(23-29-40)38-25-31-52-47(33-38)43-13-5-6-18-50(43)57-52/h1-33H. The highest BCUT2D eigenvalue weighted by molar-refractivity contribution is 7.26. The first kappa shape index (κ1) is 33.2. The Hall–Kier alpha value is -6.98. The fourth-order valence-corrected chi connectivity index (χ4v) is 11.0. The van der Waals surface area contributed by atoms with Crippen LogP contribution in [0, 0.1) is 0 Å². The summed E-state index contributed by atoms with van der Waals surface area (Å²) in [6.07, 6.45) is 0. The molecule has 9 aromatic carbocycles. The third-order valence-electron chi connectivity index (χ3n) is 11.5. The number of para-hydroxylation sites is 1. The van der Waals surface area contributed by atoms with E-state index in [0.29, 0.717) is 0 Å². The van der Waals surface area contributed by atoms with Crippen molar-refractivity contribution in [3.63, 3.8) is 0 Å². The van der Waals surface area contributed by atoms with Crippen LogP contribution in [0.4, 0.5) is 17.1 Å². The molecule has 12 rings (SSSR count). The van der Waals surface area contributed by atoms with Crippen LogP contribution in [-0.2, 0) is 0 Å². The van der Waals surface area contributed by atoms with Gasteiger partial charge < -0.3 is 9.32 Å². The normalized spacial score (nSPS) is 11.8. The van der Waals surface area contributed by atoms with E-state index in [1.54, 1.807) is 0 Å². The lowest BCUT2D eigenvalue weighted by Crippen LogP contribution is -2.10. The number of thiophene rings is 2. The molecule has 0 unspecified atom stereocenters. The first-order valence-electron chi connectivity index (χ1n) is 19.6. The molecular weight excluding hydrogens is 743 g/mol. The Bertz CT molecular complexity index is 3500. The van der Waals surface area contributed by atoms with Gasteiger partial charge in [-0.3, -0.25) is 0 Å². The summed E-state index contributed by atoms with van der Waals surface area (Å²) in [5, 5.41) is 7.47. The fourth-order valence-electron chi connectivity index (χ4n) is 8.67. The summed E-state index contributed by atoms with van der Waals surface area (Å²) in [5.74, 6) is 0. The van der Waals surface area contributed by atoms with E-state index in [1.807, 2.05) is 28.7 Å². The molecule has 0 saturated heterocycles. The highest BCUT2D eigenvalue weighted by atomic mass is 32.1. The molecule has 0 N–H and O–H groups in total. The molecule has 0 aliphatic rings. The van der Waals surface area contributed by atoms with E-state index < -0.39 is 0 Å². The summed E-state index contributed by atoms with van der Waals surface area (Å²) in [6, 6.07) is 72.6. The van der Waals surface area contributed by atoms with Crippen LogP contribution in [0.5, 0.6) is 0 Å². The predicted octanol–water partition coefficient (Wildman–Crippen LogP) is 16.8. The van der Waals surface area contributed by atoms with Crippen LogP contribution in [-0.4, -0.2) is 0 Å². The number of fused-ring (bicyclic) bond motifs is 9. The van der Waals surface area contributed by atoms with Crippen LogP contribution < -0.4 is 4.90 Å². The maximum Gasteiger partial charge on any atom is 0.143 e. The van der Waals surface area contributed by atoms with Crippen molar-refractivity contribution in [2.45, 2.75) is 0 Å². The van der Waals surface area contributed by atoms with Crippen molar-refractivity contribution in [3.8, 4) is 33.4 Å². The zero-order valence-corrected chi connectivity index (χ0v) is 32.9. The third-order valence-corrected chi connectivity index (χ3v) is 13.9. The monoisotopic (exact) mass is 775 g/mol. The number of hydrogen-bond donors (Lipinski definition) is 0. The Morgan fingerprint density at radius 3 is 1.64 bits per heavy atom. The van der Waals surface area contributed by atoms with Gasteiger partial charge in [0.1, 0.15) is 11.2 Å². The largest absolute Gasteiger partial charge is 0.455 e. The van der Waals surface area contributed by atoms with E-state index in [2.05, 4.69) is 199 Å². The van der Waals surface area contributed by atoms with E-state index >= 15 is 0 Å². The number of anilines is 3. The Balaban J connectivity index is 0.953. The molecule has 12 aromatic rings. The molecule has 0 fully saturated rings. The molecular formula is C54H33NOS2. The maximum absolute atomic E-state index is 6.50. The second-order valence-corrected chi connectivity index (χ2v) is 17.0. The van der Waals surface area contributed by atoms with Gasteiger partial charge in [-0.2, -0.15) is 0 Å². The van der Waals surface area contributed by atoms with Gasteiger partial charge in [0.2, 0.25) is 0 Å². The first-order valence-corrected chi connectivity index (χ1v) is 21.2. The zero-order valence-electron chi connectivity index (χ0n) is 31.2. The zero-order chi connectivity index (χ0) is 38.2. The van der Waals surface area contributed by atoms with Crippen LogP contribution >= 0.6 is 22.7 Å². The Morgan fingerprint density at radius 1 is 0.345 bits per heavy atom. The van der Waals surface area contributed by atoms with Gasteiger partial charge in [0.15, 0.2) is 0 Å². The minimum absolute atomic E-state index is 0.897. The van der Waals surface area contributed by atoms with Gasteiger partial charge in [-0.05, 0) is 94.5 Å².